The van der Waals surface area contributed by atoms with Crippen LogP contribution < -0.4 is 15.5 Å². The van der Waals surface area contributed by atoms with Gasteiger partial charge in [-0.15, -0.1) is 12.4 Å². The minimum atomic E-state index is -0.331. The molecule has 0 aliphatic carbocycles. The van der Waals surface area contributed by atoms with Gasteiger partial charge < -0.3 is 15.5 Å². The first kappa shape index (κ1) is 19.3. The Morgan fingerprint density at radius 1 is 1.25 bits per heavy atom. The summed E-state index contributed by atoms with van der Waals surface area (Å²) in [5.41, 5.74) is 0.641. The zero-order valence-corrected chi connectivity index (χ0v) is 15.4. The van der Waals surface area contributed by atoms with Crippen LogP contribution in [0.25, 0.3) is 0 Å². The lowest BCUT2D eigenvalue weighted by Crippen LogP contribution is -2.47. The second-order valence-electron chi connectivity index (χ2n) is 6.08. The van der Waals surface area contributed by atoms with E-state index < -0.39 is 0 Å². The number of halogens is 3. The van der Waals surface area contributed by atoms with E-state index in [4.69, 9.17) is 23.2 Å². The van der Waals surface area contributed by atoms with Crippen molar-refractivity contribution >= 4 is 53.1 Å². The lowest BCUT2D eigenvalue weighted by atomic mass is 10.0. The van der Waals surface area contributed by atoms with Crippen molar-refractivity contribution in [2.45, 2.75) is 25.3 Å². The second-order valence-corrected chi connectivity index (χ2v) is 6.96. The molecule has 24 heavy (non-hydrogen) atoms. The zero-order chi connectivity index (χ0) is 16.4. The van der Waals surface area contributed by atoms with E-state index in [9.17, 15) is 9.59 Å². The van der Waals surface area contributed by atoms with Gasteiger partial charge in [0, 0.05) is 41.3 Å². The molecule has 5 nitrogen and oxygen atoms in total. The number of rotatable bonds is 3. The van der Waals surface area contributed by atoms with Crippen molar-refractivity contribution in [1.29, 1.82) is 0 Å². The lowest BCUT2D eigenvalue weighted by molar-refractivity contribution is -0.127. The molecule has 1 aromatic rings. The van der Waals surface area contributed by atoms with Gasteiger partial charge in [-0.1, -0.05) is 23.2 Å². The van der Waals surface area contributed by atoms with Crippen molar-refractivity contribution in [3.63, 3.8) is 0 Å². The summed E-state index contributed by atoms with van der Waals surface area (Å²) >= 11 is 12.0. The molecule has 2 fully saturated rings. The Morgan fingerprint density at radius 3 is 2.58 bits per heavy atom. The van der Waals surface area contributed by atoms with E-state index in [1.165, 1.54) is 0 Å². The molecule has 2 unspecified atom stereocenters. The molecule has 8 heteroatoms. The number of benzene rings is 1. The van der Waals surface area contributed by atoms with E-state index in [0.29, 0.717) is 22.3 Å². The van der Waals surface area contributed by atoms with Gasteiger partial charge in [-0.05, 0) is 37.6 Å². The lowest BCUT2D eigenvalue weighted by Gasteiger charge is -2.25. The Balaban J connectivity index is 0.00000208. The molecule has 0 spiro atoms. The van der Waals surface area contributed by atoms with Crippen LogP contribution in [0.2, 0.25) is 10.0 Å². The predicted octanol–water partition coefficient (Wildman–Crippen LogP) is 2.64. The van der Waals surface area contributed by atoms with Crippen LogP contribution in [0.1, 0.15) is 19.3 Å². The molecular formula is C16H20Cl3N3O2. The van der Waals surface area contributed by atoms with Gasteiger partial charge >= 0.3 is 0 Å². The molecule has 2 amide bonds. The highest BCUT2D eigenvalue weighted by atomic mass is 35.5. The van der Waals surface area contributed by atoms with E-state index in [1.807, 2.05) is 0 Å². The number of nitrogens with zero attached hydrogens (tertiary/aromatic N) is 1. The zero-order valence-electron chi connectivity index (χ0n) is 13.1. The first-order chi connectivity index (χ1) is 11.0. The summed E-state index contributed by atoms with van der Waals surface area (Å²) in [6.45, 7) is 2.15. The molecule has 2 heterocycles. The normalized spacial score (nSPS) is 23.8. The van der Waals surface area contributed by atoms with Crippen molar-refractivity contribution in [1.82, 2.24) is 10.6 Å². The monoisotopic (exact) mass is 391 g/mol. The van der Waals surface area contributed by atoms with Crippen LogP contribution in [0.3, 0.4) is 0 Å². The molecule has 0 bridgehead atoms. The van der Waals surface area contributed by atoms with Gasteiger partial charge in [-0.2, -0.15) is 0 Å². The van der Waals surface area contributed by atoms with Crippen LogP contribution in [0.5, 0.6) is 0 Å². The highest BCUT2D eigenvalue weighted by molar-refractivity contribution is 6.35. The van der Waals surface area contributed by atoms with Crippen molar-refractivity contribution in [3.05, 3.63) is 28.2 Å². The van der Waals surface area contributed by atoms with Crippen molar-refractivity contribution in [3.8, 4) is 0 Å². The Bertz CT molecular complexity index is 600. The summed E-state index contributed by atoms with van der Waals surface area (Å²) in [6, 6.07) is 5.15. The maximum Gasteiger partial charge on any atom is 0.227 e. The average molecular weight is 393 g/mol. The van der Waals surface area contributed by atoms with Crippen LogP contribution in [0.15, 0.2) is 18.2 Å². The molecule has 3 rings (SSSR count). The van der Waals surface area contributed by atoms with Crippen LogP contribution in [-0.4, -0.2) is 37.5 Å². The average Bonchev–Trinajstić information content (AvgIpc) is 2.89. The molecule has 0 radical (unpaired) electrons. The number of piperidine rings is 1. The van der Waals surface area contributed by atoms with Crippen molar-refractivity contribution in [2.24, 2.45) is 5.92 Å². The number of carbonyl (C=O) groups is 2. The fourth-order valence-corrected chi connectivity index (χ4v) is 3.64. The fourth-order valence-electron chi connectivity index (χ4n) is 3.12. The topological polar surface area (TPSA) is 61.4 Å². The van der Waals surface area contributed by atoms with E-state index in [-0.39, 0.29) is 42.6 Å². The minimum Gasteiger partial charge on any atom is -0.352 e. The smallest absolute Gasteiger partial charge is 0.227 e. The molecule has 2 aliphatic heterocycles. The van der Waals surface area contributed by atoms with Gasteiger partial charge in [0.15, 0.2) is 0 Å². The van der Waals surface area contributed by atoms with Gasteiger partial charge in [-0.25, -0.2) is 0 Å². The molecule has 0 saturated carbocycles. The third kappa shape index (κ3) is 4.54. The van der Waals surface area contributed by atoms with E-state index >= 15 is 0 Å². The number of anilines is 1. The SMILES string of the molecule is Cl.O=C(NC1CCCNC1)C1CC(=O)N(c2cc(Cl)cc(Cl)c2)C1. The van der Waals surface area contributed by atoms with Crippen LogP contribution in [0.4, 0.5) is 5.69 Å². The summed E-state index contributed by atoms with van der Waals surface area (Å²) in [4.78, 5) is 26.2. The number of hydrogen-bond donors (Lipinski definition) is 2. The van der Waals surface area contributed by atoms with Gasteiger partial charge in [0.1, 0.15) is 0 Å². The van der Waals surface area contributed by atoms with Crippen molar-refractivity contribution < 1.29 is 9.59 Å². The third-order valence-electron chi connectivity index (χ3n) is 4.30. The van der Waals surface area contributed by atoms with Gasteiger partial charge in [0.25, 0.3) is 0 Å². The van der Waals surface area contributed by atoms with Gasteiger partial charge in [0.2, 0.25) is 11.8 Å². The maximum atomic E-state index is 12.4. The quantitative estimate of drug-likeness (QED) is 0.831. The highest BCUT2D eigenvalue weighted by Gasteiger charge is 2.36. The summed E-state index contributed by atoms with van der Waals surface area (Å²) < 4.78 is 0. The molecular weight excluding hydrogens is 373 g/mol. The van der Waals surface area contributed by atoms with Crippen LogP contribution in [-0.2, 0) is 9.59 Å². The first-order valence-corrected chi connectivity index (χ1v) is 8.56. The minimum absolute atomic E-state index is 0. The Morgan fingerprint density at radius 2 is 1.96 bits per heavy atom. The van der Waals surface area contributed by atoms with Gasteiger partial charge in [0.05, 0.1) is 5.92 Å². The largest absolute Gasteiger partial charge is 0.352 e. The summed E-state index contributed by atoms with van der Waals surface area (Å²) in [5, 5.41) is 7.26. The molecule has 132 valence electrons. The maximum absolute atomic E-state index is 12.4. The number of hydrogen-bond acceptors (Lipinski definition) is 3. The molecule has 2 atom stereocenters. The van der Waals surface area contributed by atoms with E-state index in [1.54, 1.807) is 23.1 Å². The van der Waals surface area contributed by atoms with E-state index in [0.717, 1.165) is 25.9 Å². The number of nitrogens with one attached hydrogen (secondary N) is 2. The summed E-state index contributed by atoms with van der Waals surface area (Å²) in [6.07, 6.45) is 2.25. The highest BCUT2D eigenvalue weighted by Crippen LogP contribution is 2.30. The van der Waals surface area contributed by atoms with Crippen molar-refractivity contribution in [2.75, 3.05) is 24.5 Å². The Labute approximate surface area is 157 Å². The number of amides is 2. The van der Waals surface area contributed by atoms with Gasteiger partial charge in [-0.3, -0.25) is 9.59 Å². The molecule has 1 aromatic carbocycles. The predicted molar refractivity (Wildman–Crippen MR) is 98.2 cm³/mol. The molecule has 0 aromatic heterocycles. The van der Waals surface area contributed by atoms with Crippen LogP contribution in [0, 0.1) is 5.92 Å². The molecule has 2 saturated heterocycles. The third-order valence-corrected chi connectivity index (χ3v) is 4.73. The Hall–Kier alpha value is -1.01. The first-order valence-electron chi connectivity index (χ1n) is 7.80. The molecule has 2 aliphatic rings. The fraction of sp³-hybridized carbons (Fsp3) is 0.500. The standard InChI is InChI=1S/C16H19Cl2N3O2.ClH/c17-11-5-12(18)7-14(6-11)21-9-10(4-15(21)22)16(23)20-13-2-1-3-19-8-13;/h5-7,10,13,19H,1-4,8-9H2,(H,20,23);1H. The van der Waals surface area contributed by atoms with E-state index in [2.05, 4.69) is 10.6 Å². The number of carbonyl (C=O) groups excluding carboxylic acids is 2. The second kappa shape index (κ2) is 8.39. The summed E-state index contributed by atoms with van der Waals surface area (Å²) in [5.74, 6) is -0.463. The molecule has 2 N–H and O–H groups in total. The van der Waals surface area contributed by atoms with Crippen LogP contribution >= 0.6 is 35.6 Å². The summed E-state index contributed by atoms with van der Waals surface area (Å²) in [7, 11) is 0. The Kier molecular flexibility index (Phi) is 6.75.